The fraction of sp³-hybridized carbons (Fsp3) is 0.353. The van der Waals surface area contributed by atoms with Crippen molar-refractivity contribution in [2.45, 2.75) is 18.9 Å². The molecule has 0 radical (unpaired) electrons. The maximum absolute atomic E-state index is 12.3. The molecule has 7 nitrogen and oxygen atoms in total. The van der Waals surface area contributed by atoms with Crippen LogP contribution < -0.4 is 10.2 Å². The molecule has 3 rings (SSSR count). The zero-order chi connectivity index (χ0) is 17.1. The van der Waals surface area contributed by atoms with Crippen LogP contribution in [0.4, 0.5) is 11.4 Å². The van der Waals surface area contributed by atoms with E-state index in [1.165, 1.54) is 22.7 Å². The Balaban J connectivity index is 1.65. The first-order valence-corrected chi connectivity index (χ1v) is 8.04. The summed E-state index contributed by atoms with van der Waals surface area (Å²) in [5.41, 5.74) is 1.68. The Morgan fingerprint density at radius 2 is 2.25 bits per heavy atom. The maximum Gasteiger partial charge on any atom is 0.279 e. The molecule has 1 aliphatic heterocycles. The minimum absolute atomic E-state index is 0.0250. The zero-order valence-corrected chi connectivity index (χ0v) is 13.6. The van der Waals surface area contributed by atoms with Crippen LogP contribution in [0, 0.1) is 10.1 Å². The summed E-state index contributed by atoms with van der Waals surface area (Å²) in [7, 11) is 2.02. The van der Waals surface area contributed by atoms with Crippen molar-refractivity contribution in [3.8, 4) is 0 Å². The van der Waals surface area contributed by atoms with E-state index in [9.17, 15) is 14.9 Å². The summed E-state index contributed by atoms with van der Waals surface area (Å²) >= 11 is 0. The molecule has 1 unspecified atom stereocenters. The van der Waals surface area contributed by atoms with Gasteiger partial charge in [0, 0.05) is 43.9 Å². The summed E-state index contributed by atoms with van der Waals surface area (Å²) in [5, 5.41) is 13.6. The molecule has 2 N–H and O–H groups in total. The van der Waals surface area contributed by atoms with Crippen LogP contribution >= 0.6 is 0 Å². The van der Waals surface area contributed by atoms with E-state index in [0.717, 1.165) is 19.4 Å². The van der Waals surface area contributed by atoms with Crippen molar-refractivity contribution in [1.29, 1.82) is 0 Å². The number of nitrogens with one attached hydrogen (secondary N) is 2. The number of nitrogens with zero attached hydrogens (tertiary/aromatic N) is 2. The van der Waals surface area contributed by atoms with Crippen molar-refractivity contribution in [3.63, 3.8) is 0 Å². The minimum atomic E-state index is -0.465. The lowest BCUT2D eigenvalue weighted by Gasteiger charge is -2.21. The van der Waals surface area contributed by atoms with E-state index in [-0.39, 0.29) is 11.6 Å². The van der Waals surface area contributed by atoms with E-state index in [4.69, 9.17) is 0 Å². The molecule has 1 amide bonds. The number of benzene rings is 1. The van der Waals surface area contributed by atoms with Crippen molar-refractivity contribution >= 4 is 17.3 Å². The zero-order valence-electron chi connectivity index (χ0n) is 13.6. The molecule has 2 heterocycles. The topological polar surface area (TPSA) is 81.6 Å². The van der Waals surface area contributed by atoms with Crippen molar-refractivity contribution in [3.05, 3.63) is 58.4 Å². The van der Waals surface area contributed by atoms with Crippen LogP contribution in [0.1, 0.15) is 24.6 Å². The number of carbonyl (C=O) groups is 1. The molecule has 0 aliphatic carbocycles. The highest BCUT2D eigenvalue weighted by Gasteiger charge is 2.32. The Morgan fingerprint density at radius 1 is 1.42 bits per heavy atom. The van der Waals surface area contributed by atoms with Crippen LogP contribution in [0.25, 0.3) is 0 Å². The Hall–Kier alpha value is -2.67. The lowest BCUT2D eigenvalue weighted by Crippen LogP contribution is -3.11. The van der Waals surface area contributed by atoms with Crippen LogP contribution in [-0.2, 0) is 11.8 Å². The highest BCUT2D eigenvalue weighted by Crippen LogP contribution is 2.19. The van der Waals surface area contributed by atoms with Crippen molar-refractivity contribution in [2.24, 2.45) is 7.05 Å². The third-order valence-electron chi connectivity index (χ3n) is 4.55. The Kier molecular flexibility index (Phi) is 4.61. The van der Waals surface area contributed by atoms with Crippen molar-refractivity contribution in [2.75, 3.05) is 18.4 Å². The summed E-state index contributed by atoms with van der Waals surface area (Å²) in [4.78, 5) is 23.9. The molecule has 126 valence electrons. The number of carbonyl (C=O) groups excluding carboxylic acids is 1. The van der Waals surface area contributed by atoms with Gasteiger partial charge in [-0.1, -0.05) is 6.07 Å². The monoisotopic (exact) mass is 329 g/mol. The first-order chi connectivity index (χ1) is 11.5. The van der Waals surface area contributed by atoms with Gasteiger partial charge >= 0.3 is 0 Å². The molecule has 0 bridgehead atoms. The van der Waals surface area contributed by atoms with Crippen molar-refractivity contribution < 1.29 is 14.6 Å². The van der Waals surface area contributed by atoms with E-state index in [1.54, 1.807) is 12.1 Å². The third-order valence-corrected chi connectivity index (χ3v) is 4.55. The SMILES string of the molecule is Cn1cccc1[C@@H]1CCC[NH+]1CC(=O)Nc1cccc([N+](=O)[O-])c1. The van der Waals surface area contributed by atoms with E-state index in [0.29, 0.717) is 18.3 Å². The molecule has 1 aliphatic rings. The molecule has 2 atom stereocenters. The predicted octanol–water partition coefficient (Wildman–Crippen LogP) is 1.29. The lowest BCUT2D eigenvalue weighted by atomic mass is 10.1. The second-order valence-electron chi connectivity index (χ2n) is 6.18. The highest BCUT2D eigenvalue weighted by molar-refractivity contribution is 5.91. The molecule has 1 saturated heterocycles. The summed E-state index contributed by atoms with van der Waals surface area (Å²) in [5.74, 6) is -0.119. The summed E-state index contributed by atoms with van der Waals surface area (Å²) in [6, 6.07) is 10.5. The van der Waals surface area contributed by atoms with Crippen molar-refractivity contribution in [1.82, 2.24) is 4.57 Å². The molecular formula is C17H21N4O3+. The first-order valence-electron chi connectivity index (χ1n) is 8.04. The number of aromatic nitrogens is 1. The highest BCUT2D eigenvalue weighted by atomic mass is 16.6. The minimum Gasteiger partial charge on any atom is -0.350 e. The second-order valence-corrected chi connectivity index (χ2v) is 6.18. The largest absolute Gasteiger partial charge is 0.350 e. The molecule has 2 aromatic rings. The van der Waals surface area contributed by atoms with E-state index in [2.05, 4.69) is 16.0 Å². The number of aryl methyl sites for hydroxylation is 1. The van der Waals surface area contributed by atoms with Gasteiger partial charge in [0.15, 0.2) is 6.54 Å². The van der Waals surface area contributed by atoms with Crippen LogP contribution in [0.3, 0.4) is 0 Å². The van der Waals surface area contributed by atoms with Gasteiger partial charge in [-0.15, -0.1) is 0 Å². The number of quaternary nitrogens is 1. The standard InChI is InChI=1S/C17H20N4O3/c1-19-9-3-7-15(19)16-8-4-10-20(16)12-17(22)18-13-5-2-6-14(11-13)21(23)24/h2-3,5-7,9,11,16H,4,8,10,12H2,1H3,(H,18,22)/p+1/t16-/m0/s1. The summed E-state index contributed by atoms with van der Waals surface area (Å²) < 4.78 is 2.11. The summed E-state index contributed by atoms with van der Waals surface area (Å²) in [6.45, 7) is 1.32. The van der Waals surface area contributed by atoms with Gasteiger partial charge in [0.1, 0.15) is 6.04 Å². The Morgan fingerprint density at radius 3 is 2.96 bits per heavy atom. The molecule has 0 spiro atoms. The van der Waals surface area contributed by atoms with Gasteiger partial charge in [0.25, 0.3) is 11.6 Å². The molecule has 24 heavy (non-hydrogen) atoms. The third kappa shape index (κ3) is 3.46. The number of rotatable bonds is 5. The van der Waals surface area contributed by atoms with E-state index >= 15 is 0 Å². The number of nitro benzene ring substituents is 1. The van der Waals surface area contributed by atoms with Gasteiger partial charge in [0.2, 0.25) is 0 Å². The number of likely N-dealkylation sites (tertiary alicyclic amines) is 1. The van der Waals surface area contributed by atoms with E-state index < -0.39 is 4.92 Å². The van der Waals surface area contributed by atoms with Gasteiger partial charge in [-0.25, -0.2) is 0 Å². The molecule has 1 aromatic carbocycles. The maximum atomic E-state index is 12.3. The van der Waals surface area contributed by atoms with Crippen LogP contribution in [0.15, 0.2) is 42.6 Å². The number of hydrogen-bond donors (Lipinski definition) is 2. The van der Waals surface area contributed by atoms with Gasteiger partial charge in [0.05, 0.1) is 17.2 Å². The van der Waals surface area contributed by atoms with Crippen LogP contribution in [0.2, 0.25) is 0 Å². The number of amides is 1. The first kappa shape index (κ1) is 16.2. The molecule has 1 fully saturated rings. The van der Waals surface area contributed by atoms with Gasteiger partial charge in [-0.2, -0.15) is 0 Å². The summed E-state index contributed by atoms with van der Waals surface area (Å²) in [6.07, 6.45) is 4.18. The van der Waals surface area contributed by atoms with Crippen LogP contribution in [0.5, 0.6) is 0 Å². The fourth-order valence-corrected chi connectivity index (χ4v) is 3.43. The number of non-ortho nitro benzene ring substituents is 1. The fourth-order valence-electron chi connectivity index (χ4n) is 3.43. The molecule has 1 aromatic heterocycles. The molecule has 0 saturated carbocycles. The van der Waals surface area contributed by atoms with Gasteiger partial charge in [-0.05, 0) is 18.2 Å². The predicted molar refractivity (Wildman–Crippen MR) is 89.8 cm³/mol. The number of hydrogen-bond acceptors (Lipinski definition) is 3. The normalized spacial score (nSPS) is 20.0. The van der Waals surface area contributed by atoms with E-state index in [1.807, 2.05) is 19.3 Å². The number of anilines is 1. The Labute approximate surface area is 140 Å². The molecular weight excluding hydrogens is 308 g/mol. The number of nitro groups is 1. The van der Waals surface area contributed by atoms with Gasteiger partial charge < -0.3 is 14.8 Å². The average molecular weight is 329 g/mol. The Bertz CT molecular complexity index is 756. The second kappa shape index (κ2) is 6.84. The smallest absolute Gasteiger partial charge is 0.279 e. The lowest BCUT2D eigenvalue weighted by molar-refractivity contribution is -0.910. The average Bonchev–Trinajstić information content (AvgIpc) is 3.15. The quantitative estimate of drug-likeness (QED) is 0.641. The molecule has 7 heteroatoms. The van der Waals surface area contributed by atoms with Crippen LogP contribution in [-0.4, -0.2) is 28.5 Å². The van der Waals surface area contributed by atoms with Gasteiger partial charge in [-0.3, -0.25) is 14.9 Å².